The van der Waals surface area contributed by atoms with Gasteiger partial charge in [-0.25, -0.2) is 9.59 Å². The Hall–Kier alpha value is -2.22. The molecule has 2 amide bonds. The lowest BCUT2D eigenvalue weighted by Gasteiger charge is -2.28. The Morgan fingerprint density at radius 2 is 2.05 bits per heavy atom. The Morgan fingerprint density at radius 1 is 1.36 bits per heavy atom. The van der Waals surface area contributed by atoms with Gasteiger partial charge in [0.1, 0.15) is 0 Å². The van der Waals surface area contributed by atoms with Crippen molar-refractivity contribution in [2.45, 2.75) is 13.0 Å². The van der Waals surface area contributed by atoms with Crippen LogP contribution >= 0.6 is 15.9 Å². The number of phenolic OH excluding ortho intramolecular Hbond substituents is 1. The number of hydrogen-bond acceptors (Lipinski definition) is 5. The smallest absolute Gasteiger partial charge is 0.337 e. The molecule has 1 heterocycles. The number of halogens is 1. The number of carbonyl (C=O) groups excluding carboxylic acids is 2. The summed E-state index contributed by atoms with van der Waals surface area (Å²) in [4.78, 5) is 23.8. The molecule has 0 fully saturated rings. The van der Waals surface area contributed by atoms with Crippen molar-refractivity contribution in [3.8, 4) is 11.5 Å². The van der Waals surface area contributed by atoms with E-state index >= 15 is 0 Å². The fourth-order valence-electron chi connectivity index (χ4n) is 2.28. The second kappa shape index (κ2) is 6.27. The van der Waals surface area contributed by atoms with Crippen LogP contribution in [0, 0.1) is 0 Å². The maximum absolute atomic E-state index is 12.0. The molecule has 1 unspecified atom stereocenters. The number of aromatic hydroxyl groups is 1. The fourth-order valence-corrected chi connectivity index (χ4v) is 2.73. The molecular weight excluding hydrogens is 356 g/mol. The molecule has 0 radical (unpaired) electrons. The van der Waals surface area contributed by atoms with E-state index in [1.165, 1.54) is 14.2 Å². The van der Waals surface area contributed by atoms with Gasteiger partial charge in [-0.05, 0) is 19.1 Å². The lowest BCUT2D eigenvalue weighted by atomic mass is 9.94. The number of benzene rings is 1. The highest BCUT2D eigenvalue weighted by atomic mass is 79.9. The zero-order valence-electron chi connectivity index (χ0n) is 12.2. The van der Waals surface area contributed by atoms with Crippen molar-refractivity contribution in [1.82, 2.24) is 10.6 Å². The zero-order chi connectivity index (χ0) is 16.4. The van der Waals surface area contributed by atoms with Crippen LogP contribution in [0.2, 0.25) is 0 Å². The van der Waals surface area contributed by atoms with E-state index < -0.39 is 18.0 Å². The number of ether oxygens (including phenoxy) is 2. The molecule has 0 spiro atoms. The van der Waals surface area contributed by atoms with Crippen LogP contribution < -0.4 is 15.4 Å². The molecule has 0 saturated carbocycles. The second-order valence-corrected chi connectivity index (χ2v) is 5.52. The second-order valence-electron chi connectivity index (χ2n) is 4.61. The number of hydrogen-bond donors (Lipinski definition) is 3. The van der Waals surface area contributed by atoms with Crippen molar-refractivity contribution in [1.29, 1.82) is 0 Å². The molecule has 8 heteroatoms. The van der Waals surface area contributed by atoms with Gasteiger partial charge >= 0.3 is 12.0 Å². The van der Waals surface area contributed by atoms with Crippen LogP contribution in [0.25, 0.3) is 0 Å². The summed E-state index contributed by atoms with van der Waals surface area (Å²) in [5.41, 5.74) is 0.886. The van der Waals surface area contributed by atoms with Crippen molar-refractivity contribution in [3.63, 3.8) is 0 Å². The maximum atomic E-state index is 12.0. The number of nitrogens with one attached hydrogen (secondary N) is 2. The van der Waals surface area contributed by atoms with E-state index in [0.717, 1.165) is 0 Å². The summed E-state index contributed by atoms with van der Waals surface area (Å²) in [5, 5.41) is 15.4. The van der Waals surface area contributed by atoms with Crippen LogP contribution in [-0.4, -0.2) is 31.3 Å². The number of methoxy groups -OCH3 is 2. The molecule has 0 aromatic heterocycles. The van der Waals surface area contributed by atoms with Gasteiger partial charge in [0.2, 0.25) is 0 Å². The molecule has 0 saturated heterocycles. The van der Waals surface area contributed by atoms with Crippen molar-refractivity contribution in [3.05, 3.63) is 33.4 Å². The Morgan fingerprint density at radius 3 is 2.64 bits per heavy atom. The lowest BCUT2D eigenvalue weighted by molar-refractivity contribution is -0.136. The number of amides is 2. The van der Waals surface area contributed by atoms with E-state index in [4.69, 9.17) is 9.47 Å². The van der Waals surface area contributed by atoms with Gasteiger partial charge in [-0.2, -0.15) is 0 Å². The van der Waals surface area contributed by atoms with Crippen molar-refractivity contribution in [2.75, 3.05) is 14.2 Å². The number of allylic oxidation sites excluding steroid dienone is 1. The predicted octanol–water partition coefficient (Wildman–Crippen LogP) is 1.96. The zero-order valence-corrected chi connectivity index (χ0v) is 13.8. The third kappa shape index (κ3) is 2.87. The van der Waals surface area contributed by atoms with Crippen LogP contribution in [0.5, 0.6) is 11.5 Å². The van der Waals surface area contributed by atoms with Crippen molar-refractivity contribution >= 4 is 27.9 Å². The highest BCUT2D eigenvalue weighted by Crippen LogP contribution is 2.40. The normalized spacial score (nSPS) is 17.6. The van der Waals surface area contributed by atoms with Gasteiger partial charge in [-0.3, -0.25) is 0 Å². The molecule has 1 aromatic carbocycles. The van der Waals surface area contributed by atoms with E-state index in [-0.39, 0.29) is 17.1 Å². The number of esters is 1. The fraction of sp³-hybridized carbons (Fsp3) is 0.286. The van der Waals surface area contributed by atoms with Gasteiger partial charge in [0, 0.05) is 15.7 Å². The average Bonchev–Trinajstić information content (AvgIpc) is 2.47. The molecule has 1 atom stereocenters. The summed E-state index contributed by atoms with van der Waals surface area (Å²) >= 11 is 3.31. The standard InChI is InChI=1S/C14H15BrN2O5/c1-6-10(13(19)22-3)11(17-14(20)16-6)8-4-7(15)5-9(21-2)12(8)18/h4-5,11,18H,1-3H3,(H2,16,17,20). The molecular formula is C14H15BrN2O5. The molecule has 118 valence electrons. The van der Waals surface area contributed by atoms with Crippen LogP contribution in [0.3, 0.4) is 0 Å². The van der Waals surface area contributed by atoms with Crippen LogP contribution in [0.15, 0.2) is 27.9 Å². The molecule has 1 aliphatic rings. The van der Waals surface area contributed by atoms with Gasteiger partial charge < -0.3 is 25.2 Å². The minimum atomic E-state index is -0.854. The SMILES string of the molecule is COC(=O)C1=C(C)NC(=O)NC1c1cc(Br)cc(OC)c1O. The monoisotopic (exact) mass is 370 g/mol. The van der Waals surface area contributed by atoms with Gasteiger partial charge in [0.25, 0.3) is 0 Å². The van der Waals surface area contributed by atoms with Gasteiger partial charge in [0.15, 0.2) is 11.5 Å². The largest absolute Gasteiger partial charge is 0.504 e. The molecule has 22 heavy (non-hydrogen) atoms. The molecule has 1 aromatic rings. The van der Waals surface area contributed by atoms with Gasteiger partial charge in [0.05, 0.1) is 25.8 Å². The van der Waals surface area contributed by atoms with E-state index in [2.05, 4.69) is 26.6 Å². The highest BCUT2D eigenvalue weighted by Gasteiger charge is 2.34. The Labute approximate surface area is 135 Å². The van der Waals surface area contributed by atoms with Crippen LogP contribution in [0.4, 0.5) is 4.79 Å². The molecule has 0 bridgehead atoms. The molecule has 7 nitrogen and oxygen atoms in total. The minimum Gasteiger partial charge on any atom is -0.504 e. The van der Waals surface area contributed by atoms with Crippen LogP contribution in [0.1, 0.15) is 18.5 Å². The summed E-state index contributed by atoms with van der Waals surface area (Å²) in [7, 11) is 2.66. The first kappa shape index (κ1) is 16.2. The molecule has 3 N–H and O–H groups in total. The van der Waals surface area contributed by atoms with E-state index in [0.29, 0.717) is 15.7 Å². The topological polar surface area (TPSA) is 96.9 Å². The Balaban J connectivity index is 2.63. The first-order valence-corrected chi connectivity index (χ1v) is 7.11. The number of phenols is 1. The molecule has 1 aliphatic heterocycles. The summed E-state index contributed by atoms with van der Waals surface area (Å²) < 4.78 is 10.5. The predicted molar refractivity (Wildman–Crippen MR) is 81.5 cm³/mol. The van der Waals surface area contributed by atoms with Crippen molar-refractivity contribution < 1.29 is 24.2 Å². The van der Waals surface area contributed by atoms with E-state index in [1.54, 1.807) is 19.1 Å². The van der Waals surface area contributed by atoms with E-state index in [1.807, 2.05) is 0 Å². The maximum Gasteiger partial charge on any atom is 0.337 e. The highest BCUT2D eigenvalue weighted by molar-refractivity contribution is 9.10. The third-order valence-electron chi connectivity index (χ3n) is 3.27. The van der Waals surface area contributed by atoms with E-state index in [9.17, 15) is 14.7 Å². The first-order valence-electron chi connectivity index (χ1n) is 6.32. The molecule has 0 aliphatic carbocycles. The summed E-state index contributed by atoms with van der Waals surface area (Å²) in [6.07, 6.45) is 0. The number of urea groups is 1. The van der Waals surface area contributed by atoms with Gasteiger partial charge in [-0.15, -0.1) is 0 Å². The Kier molecular flexibility index (Phi) is 4.60. The lowest BCUT2D eigenvalue weighted by Crippen LogP contribution is -2.45. The number of carbonyl (C=O) groups is 2. The van der Waals surface area contributed by atoms with Crippen LogP contribution in [-0.2, 0) is 9.53 Å². The summed E-state index contributed by atoms with van der Waals surface area (Å²) in [6.45, 7) is 1.59. The minimum absolute atomic E-state index is 0.160. The average molecular weight is 371 g/mol. The number of rotatable bonds is 3. The van der Waals surface area contributed by atoms with Gasteiger partial charge in [-0.1, -0.05) is 15.9 Å². The summed E-state index contributed by atoms with van der Waals surface area (Å²) in [6, 6.07) is 1.85. The molecule has 2 rings (SSSR count). The van der Waals surface area contributed by atoms with Crippen molar-refractivity contribution in [2.24, 2.45) is 0 Å². The summed E-state index contributed by atoms with van der Waals surface area (Å²) in [5.74, 6) is -0.542. The Bertz CT molecular complexity index is 671. The first-order chi connectivity index (χ1) is 10.4. The quantitative estimate of drug-likeness (QED) is 0.706. The third-order valence-corrected chi connectivity index (χ3v) is 3.73.